The summed E-state index contributed by atoms with van der Waals surface area (Å²) < 4.78 is 0. The fourth-order valence-corrected chi connectivity index (χ4v) is 1.22. The monoisotopic (exact) mass is 214 g/mol. The highest BCUT2D eigenvalue weighted by Gasteiger charge is 1.80. The van der Waals surface area contributed by atoms with Gasteiger partial charge in [0.05, 0.1) is 0 Å². The van der Waals surface area contributed by atoms with Crippen LogP contribution in [0.5, 0.6) is 0 Å². The highest BCUT2D eigenvalue weighted by molar-refractivity contribution is 5.24. The fraction of sp³-hybridized carbons (Fsp3) is 0.250. The molecule has 86 valence electrons. The van der Waals surface area contributed by atoms with Gasteiger partial charge in [0.25, 0.3) is 0 Å². The molecule has 1 aliphatic carbocycles. The summed E-state index contributed by atoms with van der Waals surface area (Å²) in [6.07, 6.45) is 11.7. The molecule has 0 N–H and O–H groups in total. The van der Waals surface area contributed by atoms with Gasteiger partial charge < -0.3 is 0 Å². The maximum atomic E-state index is 2.16. The van der Waals surface area contributed by atoms with Crippen molar-refractivity contribution in [1.29, 1.82) is 0 Å². The van der Waals surface area contributed by atoms with Crippen LogP contribution in [0.15, 0.2) is 66.3 Å². The Kier molecular flexibility index (Phi) is 7.87. The molecule has 2 rings (SSSR count). The molecule has 0 saturated carbocycles. The molecule has 1 aromatic rings. The smallest absolute Gasteiger partial charge is 0.0163 e. The first-order valence-corrected chi connectivity index (χ1v) is 5.30. The second-order valence-electron chi connectivity index (χ2n) is 3.63. The summed E-state index contributed by atoms with van der Waals surface area (Å²) in [5.41, 5.74) is 2.65. The molecule has 0 saturated heterocycles. The van der Waals surface area contributed by atoms with Crippen LogP contribution in [-0.4, -0.2) is 0 Å². The topological polar surface area (TPSA) is 0 Å². The molecule has 1 aliphatic rings. The van der Waals surface area contributed by atoms with E-state index in [4.69, 9.17) is 0 Å². The SMILES string of the molecule is C.CC1=CC=CCC=C1.Cc1ccccc1. The molecule has 0 spiro atoms. The van der Waals surface area contributed by atoms with Gasteiger partial charge >= 0.3 is 0 Å². The van der Waals surface area contributed by atoms with Crippen molar-refractivity contribution in [2.45, 2.75) is 27.7 Å². The van der Waals surface area contributed by atoms with Gasteiger partial charge in [0.2, 0.25) is 0 Å². The summed E-state index contributed by atoms with van der Waals surface area (Å²) in [6.45, 7) is 4.19. The molecule has 0 amide bonds. The predicted octanol–water partition coefficient (Wildman–Crippen LogP) is 5.08. The van der Waals surface area contributed by atoms with Gasteiger partial charge in [-0.2, -0.15) is 0 Å². The predicted molar refractivity (Wildman–Crippen MR) is 74.6 cm³/mol. The third-order valence-corrected chi connectivity index (χ3v) is 2.09. The summed E-state index contributed by atoms with van der Waals surface area (Å²) in [5, 5.41) is 0. The standard InChI is InChI=1S/C8H10.C7H8.CH4/c1-8-6-4-2-3-5-7-8;1-7-5-3-2-4-6-7;/h2,4-7H,3H2,1H3;2-6H,1H3;1H4. The van der Waals surface area contributed by atoms with E-state index in [0.29, 0.717) is 0 Å². The second-order valence-corrected chi connectivity index (χ2v) is 3.63. The quantitative estimate of drug-likeness (QED) is 0.565. The molecule has 16 heavy (non-hydrogen) atoms. The van der Waals surface area contributed by atoms with Crippen LogP contribution in [0.3, 0.4) is 0 Å². The summed E-state index contributed by atoms with van der Waals surface area (Å²) in [7, 11) is 0. The molecule has 0 atom stereocenters. The van der Waals surface area contributed by atoms with Crippen LogP contribution in [0.1, 0.15) is 26.3 Å². The highest BCUT2D eigenvalue weighted by atomic mass is 13.9. The van der Waals surface area contributed by atoms with E-state index in [9.17, 15) is 0 Å². The van der Waals surface area contributed by atoms with Gasteiger partial charge in [-0.05, 0) is 20.3 Å². The fourth-order valence-electron chi connectivity index (χ4n) is 1.22. The molecule has 0 fully saturated rings. The van der Waals surface area contributed by atoms with Gasteiger partial charge in [0.15, 0.2) is 0 Å². The average molecular weight is 214 g/mol. The van der Waals surface area contributed by atoms with E-state index >= 15 is 0 Å². The van der Waals surface area contributed by atoms with Gasteiger partial charge in [-0.15, -0.1) is 0 Å². The van der Waals surface area contributed by atoms with Gasteiger partial charge in [0.1, 0.15) is 0 Å². The van der Waals surface area contributed by atoms with E-state index in [-0.39, 0.29) is 7.43 Å². The summed E-state index contributed by atoms with van der Waals surface area (Å²) >= 11 is 0. The molecule has 0 aliphatic heterocycles. The van der Waals surface area contributed by atoms with Crippen molar-refractivity contribution in [2.75, 3.05) is 0 Å². The maximum absolute atomic E-state index is 2.16. The van der Waals surface area contributed by atoms with E-state index in [2.05, 4.69) is 56.4 Å². The van der Waals surface area contributed by atoms with Crippen molar-refractivity contribution in [3.63, 3.8) is 0 Å². The van der Waals surface area contributed by atoms with Crippen LogP contribution in [0, 0.1) is 6.92 Å². The lowest BCUT2D eigenvalue weighted by Gasteiger charge is -1.82. The van der Waals surface area contributed by atoms with Crippen molar-refractivity contribution in [1.82, 2.24) is 0 Å². The van der Waals surface area contributed by atoms with E-state index in [1.807, 2.05) is 18.2 Å². The van der Waals surface area contributed by atoms with Gasteiger partial charge in [0, 0.05) is 0 Å². The second kappa shape index (κ2) is 8.72. The van der Waals surface area contributed by atoms with Crippen molar-refractivity contribution in [3.8, 4) is 0 Å². The summed E-state index contributed by atoms with van der Waals surface area (Å²) in [6, 6.07) is 10.3. The zero-order chi connectivity index (χ0) is 10.9. The lowest BCUT2D eigenvalue weighted by atomic mass is 10.2. The Hall–Kier alpha value is -1.56. The highest BCUT2D eigenvalue weighted by Crippen LogP contribution is 2.01. The zero-order valence-electron chi connectivity index (χ0n) is 9.48. The minimum Gasteiger partial charge on any atom is -0.0807 e. The third kappa shape index (κ3) is 6.83. The molecule has 1 aromatic carbocycles. The normalized spacial score (nSPS) is 12.8. The first-order valence-electron chi connectivity index (χ1n) is 5.30. The average Bonchev–Trinajstić information content (AvgIpc) is 2.48. The Labute approximate surface area is 100 Å². The molecule has 0 bridgehead atoms. The molecule has 0 unspecified atom stereocenters. The van der Waals surface area contributed by atoms with Crippen LogP contribution in [-0.2, 0) is 0 Å². The number of benzene rings is 1. The van der Waals surface area contributed by atoms with Crippen LogP contribution >= 0.6 is 0 Å². The molecule has 0 aromatic heterocycles. The van der Waals surface area contributed by atoms with Crippen LogP contribution < -0.4 is 0 Å². The van der Waals surface area contributed by atoms with Crippen LogP contribution in [0.4, 0.5) is 0 Å². The zero-order valence-corrected chi connectivity index (χ0v) is 9.48. The largest absolute Gasteiger partial charge is 0.0807 e. The summed E-state index contributed by atoms with van der Waals surface area (Å²) in [4.78, 5) is 0. The Morgan fingerprint density at radius 3 is 2.19 bits per heavy atom. The van der Waals surface area contributed by atoms with Crippen molar-refractivity contribution >= 4 is 0 Å². The number of hydrogen-bond acceptors (Lipinski definition) is 0. The van der Waals surface area contributed by atoms with Gasteiger partial charge in [-0.1, -0.05) is 79.3 Å². The first-order chi connectivity index (χ1) is 7.29. The third-order valence-electron chi connectivity index (χ3n) is 2.09. The minimum atomic E-state index is 0. The van der Waals surface area contributed by atoms with Crippen LogP contribution in [0.25, 0.3) is 0 Å². The van der Waals surface area contributed by atoms with E-state index < -0.39 is 0 Å². The van der Waals surface area contributed by atoms with Crippen molar-refractivity contribution < 1.29 is 0 Å². The lowest BCUT2D eigenvalue weighted by Crippen LogP contribution is -1.62. The maximum Gasteiger partial charge on any atom is -0.0163 e. The van der Waals surface area contributed by atoms with Gasteiger partial charge in [-0.3, -0.25) is 0 Å². The number of aryl methyl sites for hydroxylation is 1. The van der Waals surface area contributed by atoms with Crippen LogP contribution in [0.2, 0.25) is 0 Å². The number of hydrogen-bond donors (Lipinski definition) is 0. The Morgan fingerprint density at radius 2 is 1.62 bits per heavy atom. The Bertz CT molecular complexity index is 353. The van der Waals surface area contributed by atoms with Crippen molar-refractivity contribution in [3.05, 3.63) is 71.8 Å². The number of allylic oxidation sites excluding steroid dienone is 6. The molecule has 0 heterocycles. The molecule has 0 nitrogen and oxygen atoms in total. The van der Waals surface area contributed by atoms with Crippen molar-refractivity contribution in [2.24, 2.45) is 0 Å². The van der Waals surface area contributed by atoms with E-state index in [1.54, 1.807) is 0 Å². The number of rotatable bonds is 0. The van der Waals surface area contributed by atoms with E-state index in [1.165, 1.54) is 11.1 Å². The Morgan fingerprint density at radius 1 is 0.938 bits per heavy atom. The summed E-state index contributed by atoms with van der Waals surface area (Å²) in [5.74, 6) is 0. The first kappa shape index (κ1) is 14.4. The van der Waals surface area contributed by atoms with Gasteiger partial charge in [-0.25, -0.2) is 0 Å². The van der Waals surface area contributed by atoms with E-state index in [0.717, 1.165) is 6.42 Å². The molecule has 0 radical (unpaired) electrons. The Balaban J connectivity index is 0.000000267. The molecular weight excluding hydrogens is 192 g/mol. The molecular formula is C16H22. The molecule has 0 heteroatoms. The lowest BCUT2D eigenvalue weighted by molar-refractivity contribution is 1.40. The minimum absolute atomic E-state index is 0.